The average molecular weight is 671 g/mol. The highest BCUT2D eigenvalue weighted by Crippen LogP contribution is 2.45. The van der Waals surface area contributed by atoms with Gasteiger partial charge < -0.3 is 9.30 Å². The Labute approximate surface area is 266 Å². The Balaban J connectivity index is 1.32. The second kappa shape index (κ2) is 12.1. The highest BCUT2D eigenvalue weighted by Gasteiger charge is 2.54. The highest BCUT2D eigenvalue weighted by atomic mass is 79.9. The first-order valence-corrected chi connectivity index (χ1v) is 16.5. The molecule has 0 radical (unpaired) electrons. The third-order valence-electron chi connectivity index (χ3n) is 8.17. The maximum absolute atomic E-state index is 14.3. The minimum Gasteiger partial charge on any atom is -0.497 e. The average Bonchev–Trinajstić information content (AvgIpc) is 3.45. The van der Waals surface area contributed by atoms with E-state index in [1.54, 1.807) is 43.5 Å². The fourth-order valence-electron chi connectivity index (χ4n) is 6.05. The van der Waals surface area contributed by atoms with Crippen LogP contribution in [0.25, 0.3) is 10.9 Å². The van der Waals surface area contributed by atoms with Crippen molar-refractivity contribution in [1.82, 2.24) is 9.88 Å². The van der Waals surface area contributed by atoms with Gasteiger partial charge in [-0.25, -0.2) is 12.7 Å². The molecular formula is C35H32BrN3O4S. The standard InChI is InChI=1S/C35H32BrN3O4S/c1-3-22-35(30-14-8-10-16-32(30)39(34(35)40)44(41,42)27-11-5-4-6-12-27)37-23-21-29-28-13-7-9-15-31(28)38(33(29)36)24-25-17-19-26(43-2)20-18-25/h3-20,37H,1,21-24H2,2H3. The maximum Gasteiger partial charge on any atom is 0.270 e. The van der Waals surface area contributed by atoms with Crippen molar-refractivity contribution in [2.24, 2.45) is 0 Å². The van der Waals surface area contributed by atoms with Gasteiger partial charge in [0.1, 0.15) is 11.3 Å². The van der Waals surface area contributed by atoms with E-state index in [-0.39, 0.29) is 11.3 Å². The van der Waals surface area contributed by atoms with E-state index in [9.17, 15) is 13.2 Å². The van der Waals surface area contributed by atoms with Crippen LogP contribution in [-0.2, 0) is 33.3 Å². The van der Waals surface area contributed by atoms with Crippen LogP contribution >= 0.6 is 15.9 Å². The van der Waals surface area contributed by atoms with E-state index < -0.39 is 21.5 Å². The SMILES string of the molecule is C=CCC1(NCCc2c(Br)n(Cc3ccc(OC)cc3)c3ccccc23)C(=O)N(S(=O)(=O)c2ccccc2)c2ccccc21. The second-order valence-corrected chi connectivity index (χ2v) is 13.2. The zero-order chi connectivity index (χ0) is 30.9. The van der Waals surface area contributed by atoms with Crippen molar-refractivity contribution >= 4 is 48.5 Å². The lowest BCUT2D eigenvalue weighted by atomic mass is 9.87. The Morgan fingerprint density at radius 2 is 1.61 bits per heavy atom. The van der Waals surface area contributed by atoms with Crippen LogP contribution in [0.15, 0.2) is 125 Å². The van der Waals surface area contributed by atoms with Gasteiger partial charge in [-0.2, -0.15) is 0 Å². The molecule has 1 aliphatic heterocycles. The van der Waals surface area contributed by atoms with Crippen LogP contribution in [0.1, 0.15) is 23.1 Å². The summed E-state index contributed by atoms with van der Waals surface area (Å²) in [6, 6.07) is 31.4. The molecule has 1 aliphatic rings. The first-order chi connectivity index (χ1) is 21.3. The summed E-state index contributed by atoms with van der Waals surface area (Å²) in [5.74, 6) is 0.270. The second-order valence-electron chi connectivity index (χ2n) is 10.7. The number of para-hydroxylation sites is 2. The maximum atomic E-state index is 14.3. The molecule has 1 N–H and O–H groups in total. The normalized spacial score (nSPS) is 16.3. The molecule has 1 aromatic heterocycles. The number of fused-ring (bicyclic) bond motifs is 2. The number of methoxy groups -OCH3 is 1. The summed E-state index contributed by atoms with van der Waals surface area (Å²) >= 11 is 3.88. The van der Waals surface area contributed by atoms with Crippen LogP contribution in [0, 0.1) is 0 Å². The monoisotopic (exact) mass is 669 g/mol. The summed E-state index contributed by atoms with van der Waals surface area (Å²) in [6.45, 7) is 5.00. The van der Waals surface area contributed by atoms with Crippen LogP contribution in [-0.4, -0.2) is 32.5 Å². The number of hydrogen-bond acceptors (Lipinski definition) is 5. The van der Waals surface area contributed by atoms with E-state index in [1.165, 1.54) is 12.1 Å². The van der Waals surface area contributed by atoms with Gasteiger partial charge in [0, 0.05) is 29.6 Å². The van der Waals surface area contributed by atoms with E-state index in [0.717, 1.165) is 36.7 Å². The van der Waals surface area contributed by atoms with Crippen molar-refractivity contribution in [3.8, 4) is 5.75 Å². The lowest BCUT2D eigenvalue weighted by Crippen LogP contribution is -2.52. The number of aromatic nitrogens is 1. The molecule has 6 rings (SSSR count). The van der Waals surface area contributed by atoms with Gasteiger partial charge in [0.2, 0.25) is 0 Å². The molecule has 0 saturated heterocycles. The van der Waals surface area contributed by atoms with E-state index in [2.05, 4.69) is 56.7 Å². The molecule has 224 valence electrons. The van der Waals surface area contributed by atoms with Gasteiger partial charge in [0.05, 0.1) is 22.3 Å². The van der Waals surface area contributed by atoms with Gasteiger partial charge >= 0.3 is 0 Å². The third-order valence-corrected chi connectivity index (χ3v) is 10.8. The van der Waals surface area contributed by atoms with Gasteiger partial charge in [-0.05, 0) is 76.3 Å². The molecule has 0 spiro atoms. The van der Waals surface area contributed by atoms with Crippen molar-refractivity contribution in [1.29, 1.82) is 0 Å². The number of nitrogens with zero attached hydrogens (tertiary/aromatic N) is 2. The number of amides is 1. The number of carbonyl (C=O) groups is 1. The molecule has 44 heavy (non-hydrogen) atoms. The first kappa shape index (κ1) is 29.9. The predicted molar refractivity (Wildman–Crippen MR) is 177 cm³/mol. The Hall–Kier alpha value is -4.18. The Kier molecular flexibility index (Phi) is 8.20. The van der Waals surface area contributed by atoms with Crippen LogP contribution in [0.4, 0.5) is 5.69 Å². The zero-order valence-corrected chi connectivity index (χ0v) is 26.6. The summed E-state index contributed by atoms with van der Waals surface area (Å²) in [4.78, 5) is 14.3. The smallest absolute Gasteiger partial charge is 0.270 e. The molecule has 1 unspecified atom stereocenters. The van der Waals surface area contributed by atoms with Crippen LogP contribution in [0.2, 0.25) is 0 Å². The summed E-state index contributed by atoms with van der Waals surface area (Å²) in [6.07, 6.45) is 2.48. The number of hydrogen-bond donors (Lipinski definition) is 1. The summed E-state index contributed by atoms with van der Waals surface area (Å²) in [5.41, 5.74) is 3.01. The van der Waals surface area contributed by atoms with E-state index in [1.807, 2.05) is 36.4 Å². The summed E-state index contributed by atoms with van der Waals surface area (Å²) in [5, 5.41) is 4.61. The molecule has 0 bridgehead atoms. The Bertz CT molecular complexity index is 1960. The quantitative estimate of drug-likeness (QED) is 0.157. The predicted octanol–water partition coefficient (Wildman–Crippen LogP) is 6.80. The van der Waals surface area contributed by atoms with Crippen LogP contribution < -0.4 is 14.4 Å². The van der Waals surface area contributed by atoms with Crippen molar-refractivity contribution in [3.05, 3.63) is 137 Å². The summed E-state index contributed by atoms with van der Waals surface area (Å²) < 4.78 is 37.1. The molecule has 7 nitrogen and oxygen atoms in total. The number of ether oxygens (including phenoxy) is 1. The Morgan fingerprint density at radius 1 is 0.932 bits per heavy atom. The number of anilines is 1. The Morgan fingerprint density at radius 3 is 2.34 bits per heavy atom. The van der Waals surface area contributed by atoms with Crippen LogP contribution in [0.3, 0.4) is 0 Å². The number of rotatable bonds is 11. The van der Waals surface area contributed by atoms with Gasteiger partial charge in [-0.1, -0.05) is 72.8 Å². The molecule has 0 fully saturated rings. The lowest BCUT2D eigenvalue weighted by molar-refractivity contribution is -0.123. The molecule has 1 atom stereocenters. The van der Waals surface area contributed by atoms with E-state index >= 15 is 0 Å². The molecule has 5 aromatic rings. The number of benzene rings is 4. The molecule has 1 amide bonds. The molecular weight excluding hydrogens is 638 g/mol. The summed E-state index contributed by atoms with van der Waals surface area (Å²) in [7, 11) is -2.49. The molecule has 9 heteroatoms. The minimum atomic E-state index is -4.14. The number of halogens is 1. The fourth-order valence-corrected chi connectivity index (χ4v) is 8.29. The largest absolute Gasteiger partial charge is 0.497 e. The highest BCUT2D eigenvalue weighted by molar-refractivity contribution is 9.10. The van der Waals surface area contributed by atoms with Gasteiger partial charge in [0.15, 0.2) is 0 Å². The molecule has 0 aliphatic carbocycles. The number of nitrogens with one attached hydrogen (secondary N) is 1. The van der Waals surface area contributed by atoms with Gasteiger partial charge in [-0.15, -0.1) is 6.58 Å². The van der Waals surface area contributed by atoms with Crippen molar-refractivity contribution in [2.75, 3.05) is 18.0 Å². The molecule has 2 heterocycles. The molecule has 4 aromatic carbocycles. The third kappa shape index (κ3) is 5.04. The van der Waals surface area contributed by atoms with Crippen molar-refractivity contribution in [2.45, 2.75) is 29.8 Å². The zero-order valence-electron chi connectivity index (χ0n) is 24.2. The van der Waals surface area contributed by atoms with E-state index in [0.29, 0.717) is 30.8 Å². The number of sulfonamides is 1. The van der Waals surface area contributed by atoms with Gasteiger partial charge in [-0.3, -0.25) is 10.1 Å². The van der Waals surface area contributed by atoms with Crippen molar-refractivity contribution < 1.29 is 17.9 Å². The lowest BCUT2D eigenvalue weighted by Gasteiger charge is -2.29. The number of carbonyl (C=O) groups excluding carboxylic acids is 1. The van der Waals surface area contributed by atoms with Crippen LogP contribution in [0.5, 0.6) is 5.75 Å². The fraction of sp³-hybridized carbons (Fsp3) is 0.171. The van der Waals surface area contributed by atoms with E-state index in [4.69, 9.17) is 4.74 Å². The molecule has 0 saturated carbocycles. The topological polar surface area (TPSA) is 80.6 Å². The van der Waals surface area contributed by atoms with Crippen molar-refractivity contribution in [3.63, 3.8) is 0 Å². The van der Waals surface area contributed by atoms with Gasteiger partial charge in [0.25, 0.3) is 15.9 Å². The minimum absolute atomic E-state index is 0.0613. The first-order valence-electron chi connectivity index (χ1n) is 14.3.